The molecule has 7 heteroatoms. The second kappa shape index (κ2) is 8.66. The maximum absolute atomic E-state index is 12.7. The zero-order valence-electron chi connectivity index (χ0n) is 16.1. The van der Waals surface area contributed by atoms with Gasteiger partial charge in [0, 0.05) is 26.1 Å². The number of para-hydroxylation sites is 2. The van der Waals surface area contributed by atoms with E-state index in [9.17, 15) is 9.59 Å². The highest BCUT2D eigenvalue weighted by Gasteiger charge is 2.21. The van der Waals surface area contributed by atoms with Gasteiger partial charge < -0.3 is 14.8 Å². The van der Waals surface area contributed by atoms with E-state index in [1.807, 2.05) is 33.7 Å². The first-order valence-corrected chi connectivity index (χ1v) is 10.3. The lowest BCUT2D eigenvalue weighted by molar-refractivity contribution is -0.130. The highest BCUT2D eigenvalue weighted by molar-refractivity contribution is 6.33. The zero-order chi connectivity index (χ0) is 20.2. The molecule has 1 N–H and O–H groups in total. The summed E-state index contributed by atoms with van der Waals surface area (Å²) in [6, 6.07) is 14.8. The summed E-state index contributed by atoms with van der Waals surface area (Å²) in [6.07, 6.45) is 2.66. The molecule has 0 aliphatic carbocycles. The molecule has 1 aliphatic rings. The Morgan fingerprint density at radius 1 is 1.03 bits per heavy atom. The normalized spacial score (nSPS) is 13.8. The van der Waals surface area contributed by atoms with Crippen LogP contribution in [0.1, 0.15) is 29.0 Å². The molecule has 4 rings (SSSR count). The van der Waals surface area contributed by atoms with Crippen molar-refractivity contribution in [1.29, 1.82) is 0 Å². The number of amides is 2. The van der Waals surface area contributed by atoms with E-state index >= 15 is 0 Å². The molecule has 1 aliphatic heterocycles. The van der Waals surface area contributed by atoms with Crippen molar-refractivity contribution in [3.05, 3.63) is 64.9 Å². The van der Waals surface area contributed by atoms with Gasteiger partial charge in [-0.2, -0.15) is 0 Å². The fraction of sp³-hybridized carbons (Fsp3) is 0.318. The molecule has 6 nitrogen and oxygen atoms in total. The molecule has 29 heavy (non-hydrogen) atoms. The quantitative estimate of drug-likeness (QED) is 0.678. The SMILES string of the molecule is O=C(NCCc1nc2ccccc2n1CC(=O)N1CCCC1)c1ccccc1Cl. The van der Waals surface area contributed by atoms with E-state index < -0.39 is 0 Å². The Bertz CT molecular complexity index is 1040. The fourth-order valence-electron chi connectivity index (χ4n) is 3.72. The minimum Gasteiger partial charge on any atom is -0.352 e. The highest BCUT2D eigenvalue weighted by atomic mass is 35.5. The molecule has 150 valence electrons. The van der Waals surface area contributed by atoms with E-state index in [1.165, 1.54) is 0 Å². The molecule has 1 aromatic heterocycles. The summed E-state index contributed by atoms with van der Waals surface area (Å²) >= 11 is 6.09. The van der Waals surface area contributed by atoms with Crippen LogP contribution in [0, 0.1) is 0 Å². The van der Waals surface area contributed by atoms with Gasteiger partial charge in [0.25, 0.3) is 5.91 Å². The molecule has 0 spiro atoms. The molecular weight excluding hydrogens is 388 g/mol. The summed E-state index contributed by atoms with van der Waals surface area (Å²) in [7, 11) is 0. The van der Waals surface area contributed by atoms with Crippen LogP contribution in [0.3, 0.4) is 0 Å². The molecule has 2 heterocycles. The maximum Gasteiger partial charge on any atom is 0.252 e. The number of nitrogens with zero attached hydrogens (tertiary/aromatic N) is 3. The summed E-state index contributed by atoms with van der Waals surface area (Å²) in [4.78, 5) is 31.7. The van der Waals surface area contributed by atoms with E-state index in [2.05, 4.69) is 5.32 Å². The summed E-state index contributed by atoms with van der Waals surface area (Å²) in [5, 5.41) is 3.32. The number of carbonyl (C=O) groups is 2. The Morgan fingerprint density at radius 2 is 1.76 bits per heavy atom. The van der Waals surface area contributed by atoms with Crippen molar-refractivity contribution in [2.45, 2.75) is 25.8 Å². The van der Waals surface area contributed by atoms with Gasteiger partial charge in [-0.05, 0) is 37.1 Å². The lowest BCUT2D eigenvalue weighted by Gasteiger charge is -2.17. The minimum atomic E-state index is -0.216. The minimum absolute atomic E-state index is 0.118. The molecule has 0 radical (unpaired) electrons. The predicted molar refractivity (Wildman–Crippen MR) is 113 cm³/mol. The van der Waals surface area contributed by atoms with Crippen LogP contribution in [0.4, 0.5) is 0 Å². The number of halogens is 1. The number of fused-ring (bicyclic) bond motifs is 1. The Morgan fingerprint density at radius 3 is 2.55 bits per heavy atom. The number of carbonyl (C=O) groups excluding carboxylic acids is 2. The Hall–Kier alpha value is -2.86. The Kier molecular flexibility index (Phi) is 5.81. The van der Waals surface area contributed by atoms with Gasteiger partial charge in [-0.3, -0.25) is 9.59 Å². The van der Waals surface area contributed by atoms with Gasteiger partial charge in [0.1, 0.15) is 12.4 Å². The second-order valence-electron chi connectivity index (χ2n) is 7.18. The van der Waals surface area contributed by atoms with E-state index in [0.29, 0.717) is 23.6 Å². The lowest BCUT2D eigenvalue weighted by Crippen LogP contribution is -2.32. The Labute approximate surface area is 174 Å². The van der Waals surface area contributed by atoms with Gasteiger partial charge in [0.15, 0.2) is 0 Å². The fourth-order valence-corrected chi connectivity index (χ4v) is 3.94. The van der Waals surface area contributed by atoms with Crippen molar-refractivity contribution in [3.63, 3.8) is 0 Å². The second-order valence-corrected chi connectivity index (χ2v) is 7.58. The smallest absolute Gasteiger partial charge is 0.252 e. The summed E-state index contributed by atoms with van der Waals surface area (Å²) in [5.74, 6) is 0.691. The van der Waals surface area contributed by atoms with Crippen LogP contribution in [0.25, 0.3) is 11.0 Å². The lowest BCUT2D eigenvalue weighted by atomic mass is 10.2. The topological polar surface area (TPSA) is 67.2 Å². The summed E-state index contributed by atoms with van der Waals surface area (Å²) in [6.45, 7) is 2.34. The first-order valence-electron chi connectivity index (χ1n) is 9.88. The molecular formula is C22H23ClN4O2. The molecule has 0 unspecified atom stereocenters. The van der Waals surface area contributed by atoms with E-state index in [4.69, 9.17) is 16.6 Å². The number of rotatable bonds is 6. The van der Waals surface area contributed by atoms with Gasteiger partial charge in [-0.15, -0.1) is 0 Å². The molecule has 0 atom stereocenters. The third-order valence-electron chi connectivity index (χ3n) is 5.24. The van der Waals surface area contributed by atoms with Crippen LogP contribution in [-0.4, -0.2) is 45.9 Å². The average Bonchev–Trinajstić information content (AvgIpc) is 3.37. The number of hydrogen-bond donors (Lipinski definition) is 1. The predicted octanol–water partition coefficient (Wildman–Crippen LogP) is 3.28. The van der Waals surface area contributed by atoms with Crippen LogP contribution in [0.5, 0.6) is 0 Å². The van der Waals surface area contributed by atoms with Crippen LogP contribution in [0.15, 0.2) is 48.5 Å². The number of likely N-dealkylation sites (tertiary alicyclic amines) is 1. The van der Waals surface area contributed by atoms with E-state index in [0.717, 1.165) is 42.8 Å². The zero-order valence-corrected chi connectivity index (χ0v) is 16.9. The largest absolute Gasteiger partial charge is 0.352 e. The average molecular weight is 411 g/mol. The highest BCUT2D eigenvalue weighted by Crippen LogP contribution is 2.18. The van der Waals surface area contributed by atoms with Crippen molar-refractivity contribution in [2.75, 3.05) is 19.6 Å². The first-order chi connectivity index (χ1) is 14.1. The molecule has 2 amide bonds. The van der Waals surface area contributed by atoms with Crippen LogP contribution in [-0.2, 0) is 17.8 Å². The number of nitrogens with one attached hydrogen (secondary N) is 1. The number of imidazole rings is 1. The molecule has 0 bridgehead atoms. The van der Waals surface area contributed by atoms with Gasteiger partial charge in [0.05, 0.1) is 21.6 Å². The van der Waals surface area contributed by atoms with Crippen molar-refractivity contribution >= 4 is 34.4 Å². The van der Waals surface area contributed by atoms with E-state index in [1.54, 1.807) is 24.3 Å². The first kappa shape index (κ1) is 19.5. The number of hydrogen-bond acceptors (Lipinski definition) is 3. The standard InChI is InChI=1S/C22H23ClN4O2/c23-17-8-2-1-7-16(17)22(29)24-12-11-20-25-18-9-3-4-10-19(18)27(20)15-21(28)26-13-5-6-14-26/h1-4,7-10H,5-6,11-15H2,(H,24,29). The van der Waals surface area contributed by atoms with Crippen molar-refractivity contribution in [1.82, 2.24) is 19.8 Å². The van der Waals surface area contributed by atoms with Crippen molar-refractivity contribution in [2.24, 2.45) is 0 Å². The van der Waals surface area contributed by atoms with E-state index in [-0.39, 0.29) is 18.4 Å². The van der Waals surface area contributed by atoms with Crippen LogP contribution >= 0.6 is 11.6 Å². The van der Waals surface area contributed by atoms with Gasteiger partial charge in [0.2, 0.25) is 5.91 Å². The van der Waals surface area contributed by atoms with Crippen LogP contribution in [0.2, 0.25) is 5.02 Å². The summed E-state index contributed by atoms with van der Waals surface area (Å²) in [5.41, 5.74) is 2.24. The number of benzene rings is 2. The summed E-state index contributed by atoms with van der Waals surface area (Å²) < 4.78 is 1.97. The monoisotopic (exact) mass is 410 g/mol. The Balaban J connectivity index is 1.48. The number of aromatic nitrogens is 2. The molecule has 1 saturated heterocycles. The van der Waals surface area contributed by atoms with Crippen molar-refractivity contribution in [3.8, 4) is 0 Å². The van der Waals surface area contributed by atoms with Gasteiger partial charge in [-0.1, -0.05) is 35.9 Å². The molecule has 2 aromatic carbocycles. The third kappa shape index (κ3) is 4.27. The van der Waals surface area contributed by atoms with Gasteiger partial charge >= 0.3 is 0 Å². The maximum atomic E-state index is 12.7. The van der Waals surface area contributed by atoms with Crippen molar-refractivity contribution < 1.29 is 9.59 Å². The molecule has 1 fully saturated rings. The van der Waals surface area contributed by atoms with Gasteiger partial charge in [-0.25, -0.2) is 4.98 Å². The van der Waals surface area contributed by atoms with Crippen LogP contribution < -0.4 is 5.32 Å². The third-order valence-corrected chi connectivity index (χ3v) is 5.57. The molecule has 3 aromatic rings. The molecule has 0 saturated carbocycles.